The van der Waals surface area contributed by atoms with E-state index in [4.69, 9.17) is 16.3 Å². The zero-order chi connectivity index (χ0) is 27.2. The first-order chi connectivity index (χ1) is 18.0. The van der Waals surface area contributed by atoms with Crippen molar-refractivity contribution in [2.75, 3.05) is 7.11 Å². The van der Waals surface area contributed by atoms with Crippen molar-refractivity contribution in [2.24, 2.45) is 0 Å². The average molecular weight is 564 g/mol. The number of halogens is 4. The van der Waals surface area contributed by atoms with Crippen LogP contribution in [0.5, 0.6) is 0 Å². The van der Waals surface area contributed by atoms with Gasteiger partial charge < -0.3 is 4.74 Å². The second-order valence-corrected chi connectivity index (χ2v) is 10.6. The van der Waals surface area contributed by atoms with Crippen LogP contribution >= 0.6 is 23.4 Å². The molecule has 0 N–H and O–H groups in total. The Balaban J connectivity index is 1.43. The molecule has 1 aliphatic carbocycles. The lowest BCUT2D eigenvalue weighted by Gasteiger charge is -2.33. The number of fused-ring (bicyclic) bond motifs is 1. The number of thioether (sulfide) groups is 1. The van der Waals surface area contributed by atoms with Crippen molar-refractivity contribution in [1.82, 2.24) is 14.7 Å². The summed E-state index contributed by atoms with van der Waals surface area (Å²) in [6, 6.07) is 8.73. The lowest BCUT2D eigenvalue weighted by molar-refractivity contribution is -0.156. The summed E-state index contributed by atoms with van der Waals surface area (Å²) >= 11 is 6.54. The fourth-order valence-electron chi connectivity index (χ4n) is 5.09. The zero-order valence-corrected chi connectivity index (χ0v) is 21.6. The number of hydrogen-bond acceptors (Lipinski definition) is 6. The highest BCUT2D eigenvalue weighted by Gasteiger charge is 2.55. The Morgan fingerprint density at radius 3 is 2.61 bits per heavy atom. The maximum absolute atomic E-state index is 13.5. The summed E-state index contributed by atoms with van der Waals surface area (Å²) in [4.78, 5) is 39.8. The van der Waals surface area contributed by atoms with Gasteiger partial charge in [-0.25, -0.2) is 4.79 Å². The summed E-state index contributed by atoms with van der Waals surface area (Å²) in [7, 11) is 1.24. The van der Waals surface area contributed by atoms with Gasteiger partial charge >= 0.3 is 12.1 Å². The number of ether oxygens (including phenoxy) is 1. The second kappa shape index (κ2) is 9.77. The topological polar surface area (TPSA) is 81.5 Å². The number of amides is 2. The predicted molar refractivity (Wildman–Crippen MR) is 136 cm³/mol. The van der Waals surface area contributed by atoms with E-state index in [1.165, 1.54) is 30.1 Å². The molecule has 0 unspecified atom stereocenters. The van der Waals surface area contributed by atoms with E-state index in [1.54, 1.807) is 24.3 Å². The smallest absolute Gasteiger partial charge is 0.416 e. The van der Waals surface area contributed by atoms with Crippen LogP contribution in [0, 0.1) is 0 Å². The molecule has 7 nitrogen and oxygen atoms in total. The SMILES string of the molecule is COC(=O)C1(N2C(=O)SC(=Cc3ccc4c(cnn4Cc4ccc(Cl)cc4C(F)(F)F)c3)C2=O)CCCC1. The third-order valence-corrected chi connectivity index (χ3v) is 7.98. The molecular weight excluding hydrogens is 543 g/mol. The molecule has 1 saturated carbocycles. The van der Waals surface area contributed by atoms with Crippen molar-refractivity contribution in [2.45, 2.75) is 43.9 Å². The molecule has 0 atom stereocenters. The molecule has 0 spiro atoms. The van der Waals surface area contributed by atoms with Crippen LogP contribution in [0.1, 0.15) is 42.4 Å². The molecule has 2 heterocycles. The molecule has 1 aromatic heterocycles. The Kier molecular flexibility index (Phi) is 6.77. The number of hydrogen-bond donors (Lipinski definition) is 0. The monoisotopic (exact) mass is 563 g/mol. The quantitative estimate of drug-likeness (QED) is 0.268. The van der Waals surface area contributed by atoms with E-state index in [2.05, 4.69) is 5.10 Å². The van der Waals surface area contributed by atoms with Crippen LogP contribution in [0.3, 0.4) is 0 Å². The number of carbonyl (C=O) groups is 3. The molecular formula is C26H21ClF3N3O4S. The number of benzene rings is 2. The normalized spacial score (nSPS) is 18.7. The minimum Gasteiger partial charge on any atom is -0.467 e. The van der Waals surface area contributed by atoms with Gasteiger partial charge in [0.1, 0.15) is 5.54 Å². The second-order valence-electron chi connectivity index (χ2n) is 9.17. The van der Waals surface area contributed by atoms with Gasteiger partial charge in [-0.15, -0.1) is 0 Å². The van der Waals surface area contributed by atoms with E-state index in [9.17, 15) is 27.6 Å². The van der Waals surface area contributed by atoms with Gasteiger partial charge in [0.25, 0.3) is 11.1 Å². The Bertz CT molecular complexity index is 1490. The number of methoxy groups -OCH3 is 1. The summed E-state index contributed by atoms with van der Waals surface area (Å²) < 4.78 is 46.9. The van der Waals surface area contributed by atoms with Crippen molar-refractivity contribution >= 4 is 57.5 Å². The van der Waals surface area contributed by atoms with Crippen LogP contribution in [0.15, 0.2) is 47.5 Å². The van der Waals surface area contributed by atoms with Crippen molar-refractivity contribution < 1.29 is 32.3 Å². The summed E-state index contributed by atoms with van der Waals surface area (Å²) in [5, 5.41) is 4.36. The molecule has 1 aliphatic heterocycles. The Morgan fingerprint density at radius 2 is 1.92 bits per heavy atom. The van der Waals surface area contributed by atoms with Crippen molar-refractivity contribution in [3.05, 3.63) is 69.2 Å². The lowest BCUT2D eigenvalue weighted by atomic mass is 9.95. The first-order valence-electron chi connectivity index (χ1n) is 11.7. The molecule has 2 aliphatic rings. The molecule has 0 radical (unpaired) electrons. The fourth-order valence-corrected chi connectivity index (χ4v) is 6.17. The number of nitrogens with zero attached hydrogens (tertiary/aromatic N) is 3. The molecule has 1 saturated heterocycles. The first-order valence-corrected chi connectivity index (χ1v) is 12.9. The van der Waals surface area contributed by atoms with Crippen LogP contribution in [0.2, 0.25) is 5.02 Å². The van der Waals surface area contributed by atoms with Gasteiger partial charge in [-0.2, -0.15) is 18.3 Å². The number of rotatable bonds is 5. The van der Waals surface area contributed by atoms with E-state index in [0.717, 1.165) is 22.7 Å². The number of aromatic nitrogens is 2. The Hall–Kier alpha value is -3.31. The molecule has 2 fully saturated rings. The van der Waals surface area contributed by atoms with E-state index in [-0.39, 0.29) is 22.0 Å². The minimum absolute atomic E-state index is 0.00843. The maximum atomic E-state index is 13.5. The van der Waals surface area contributed by atoms with Gasteiger partial charge in [-0.05, 0) is 66.1 Å². The third-order valence-electron chi connectivity index (χ3n) is 6.88. The highest BCUT2D eigenvalue weighted by molar-refractivity contribution is 8.18. The molecule has 12 heteroatoms. The minimum atomic E-state index is -4.57. The largest absolute Gasteiger partial charge is 0.467 e. The molecule has 2 amide bonds. The molecule has 0 bridgehead atoms. The molecule has 5 rings (SSSR count). The number of carbonyl (C=O) groups excluding carboxylic acids is 3. The fraction of sp³-hybridized carbons (Fsp3) is 0.308. The summed E-state index contributed by atoms with van der Waals surface area (Å²) in [6.07, 6.45) is 0.646. The third kappa shape index (κ3) is 4.58. The van der Waals surface area contributed by atoms with Gasteiger partial charge in [0, 0.05) is 10.4 Å². The summed E-state index contributed by atoms with van der Waals surface area (Å²) in [5.74, 6) is -1.15. The summed E-state index contributed by atoms with van der Waals surface area (Å²) in [6.45, 7) is -0.122. The predicted octanol–water partition coefficient (Wildman–Crippen LogP) is 6.28. The number of esters is 1. The molecule has 3 aromatic rings. The van der Waals surface area contributed by atoms with Crippen LogP contribution < -0.4 is 0 Å². The van der Waals surface area contributed by atoms with Gasteiger partial charge in [0.15, 0.2) is 0 Å². The first kappa shape index (κ1) is 26.3. The van der Waals surface area contributed by atoms with E-state index >= 15 is 0 Å². The van der Waals surface area contributed by atoms with Crippen LogP contribution in [-0.4, -0.2) is 44.4 Å². The highest BCUT2D eigenvalue weighted by atomic mass is 35.5. The van der Waals surface area contributed by atoms with Crippen molar-refractivity contribution in [3.8, 4) is 0 Å². The van der Waals surface area contributed by atoms with E-state index < -0.39 is 34.4 Å². The Morgan fingerprint density at radius 1 is 1.18 bits per heavy atom. The maximum Gasteiger partial charge on any atom is 0.416 e. The number of imide groups is 1. The van der Waals surface area contributed by atoms with Gasteiger partial charge in [-0.1, -0.05) is 36.6 Å². The zero-order valence-electron chi connectivity index (χ0n) is 20.0. The van der Waals surface area contributed by atoms with Crippen LogP contribution in [0.25, 0.3) is 17.0 Å². The highest BCUT2D eigenvalue weighted by Crippen LogP contribution is 2.44. The van der Waals surface area contributed by atoms with E-state index in [0.29, 0.717) is 42.1 Å². The van der Waals surface area contributed by atoms with Crippen LogP contribution in [-0.2, 0) is 27.0 Å². The van der Waals surface area contributed by atoms with Crippen LogP contribution in [0.4, 0.5) is 18.0 Å². The van der Waals surface area contributed by atoms with Gasteiger partial charge in [-0.3, -0.25) is 19.2 Å². The van der Waals surface area contributed by atoms with Crippen molar-refractivity contribution in [3.63, 3.8) is 0 Å². The van der Waals surface area contributed by atoms with E-state index in [1.807, 2.05) is 0 Å². The average Bonchev–Trinajstić information content (AvgIpc) is 3.58. The standard InChI is InChI=1S/C26H21ClF3N3O4S/c1-37-23(35)25(8-2-3-9-25)33-22(34)21(38-24(33)36)11-15-4-7-20-17(10-15)13-31-32(20)14-16-5-6-18(27)12-19(16)26(28,29)30/h4-7,10-13H,2-3,8-9,14H2,1H3. The van der Waals surface area contributed by atoms with Gasteiger partial charge in [0.05, 0.1) is 35.8 Å². The van der Waals surface area contributed by atoms with Gasteiger partial charge in [0.2, 0.25) is 0 Å². The lowest BCUT2D eigenvalue weighted by Crippen LogP contribution is -2.55. The Labute approximate surface area is 224 Å². The number of alkyl halides is 3. The van der Waals surface area contributed by atoms with Crippen molar-refractivity contribution in [1.29, 1.82) is 0 Å². The molecule has 38 heavy (non-hydrogen) atoms. The summed E-state index contributed by atoms with van der Waals surface area (Å²) in [5.41, 5.74) is -0.894. The molecule has 198 valence electrons. The molecule has 2 aromatic carbocycles.